The summed E-state index contributed by atoms with van der Waals surface area (Å²) in [6, 6.07) is 4.05. The Morgan fingerprint density at radius 3 is 2.44 bits per heavy atom. The van der Waals surface area contributed by atoms with Gasteiger partial charge in [-0.15, -0.1) is 0 Å². The van der Waals surface area contributed by atoms with Crippen molar-refractivity contribution in [3.05, 3.63) is 39.4 Å². The van der Waals surface area contributed by atoms with Crippen LogP contribution in [0.1, 0.15) is 30.0 Å². The maximum Gasteiger partial charge on any atom is 0.328 e. The Hall–Kier alpha value is -1.09. The van der Waals surface area contributed by atoms with Gasteiger partial charge in [0.1, 0.15) is 0 Å². The zero-order valence-electron chi connectivity index (χ0n) is 9.67. The van der Waals surface area contributed by atoms with Gasteiger partial charge < -0.3 is 5.11 Å². The van der Waals surface area contributed by atoms with Gasteiger partial charge in [-0.05, 0) is 48.6 Å². The molecule has 1 aromatic rings. The molecule has 0 fully saturated rings. The Morgan fingerprint density at radius 1 is 1.38 bits per heavy atom. The number of carboxylic acids is 1. The predicted molar refractivity (Wildman–Crippen MR) is 69.5 cm³/mol. The second kappa shape index (κ2) is 5.30. The molecule has 0 aromatic heterocycles. The Labute approximate surface area is 104 Å². The van der Waals surface area contributed by atoms with Crippen LogP contribution < -0.4 is 0 Å². The van der Waals surface area contributed by atoms with Crippen LogP contribution in [-0.2, 0) is 4.79 Å². The molecule has 0 radical (unpaired) electrons. The highest BCUT2D eigenvalue weighted by Gasteiger charge is 2.08. The molecule has 0 aliphatic carbocycles. The number of aryl methyl sites for hydroxylation is 2. The predicted octanol–water partition coefficient (Wildman–Crippen LogP) is 3.94. The largest absolute Gasteiger partial charge is 0.478 e. The Bertz CT molecular complexity index is 447. The van der Waals surface area contributed by atoms with Crippen molar-refractivity contribution < 1.29 is 9.90 Å². The summed E-state index contributed by atoms with van der Waals surface area (Å²) in [5.41, 5.74) is 4.17. The molecule has 2 nitrogen and oxygen atoms in total. The lowest BCUT2D eigenvalue weighted by atomic mass is 9.98. The average molecular weight is 283 g/mol. The van der Waals surface area contributed by atoms with Crippen molar-refractivity contribution in [2.45, 2.75) is 27.2 Å². The van der Waals surface area contributed by atoms with E-state index in [1.54, 1.807) is 0 Å². The van der Waals surface area contributed by atoms with Crippen LogP contribution in [0.3, 0.4) is 0 Å². The summed E-state index contributed by atoms with van der Waals surface area (Å²) in [7, 11) is 0. The van der Waals surface area contributed by atoms with Crippen LogP contribution >= 0.6 is 15.9 Å². The number of aliphatic carboxylic acids is 1. The molecule has 86 valence electrons. The third-order valence-electron chi connectivity index (χ3n) is 2.61. The lowest BCUT2D eigenvalue weighted by Crippen LogP contribution is -1.94. The van der Waals surface area contributed by atoms with Crippen LogP contribution in [0.5, 0.6) is 0 Å². The number of carbonyl (C=O) groups is 1. The first kappa shape index (κ1) is 13.0. The highest BCUT2D eigenvalue weighted by molar-refractivity contribution is 9.10. The molecule has 0 saturated heterocycles. The van der Waals surface area contributed by atoms with Crippen LogP contribution in [0.2, 0.25) is 0 Å². The number of rotatable bonds is 3. The summed E-state index contributed by atoms with van der Waals surface area (Å²) in [5, 5.41) is 8.80. The van der Waals surface area contributed by atoms with Gasteiger partial charge in [0.15, 0.2) is 0 Å². The van der Waals surface area contributed by atoms with Gasteiger partial charge in [-0.1, -0.05) is 28.9 Å². The maximum absolute atomic E-state index is 10.7. The summed E-state index contributed by atoms with van der Waals surface area (Å²) >= 11 is 3.48. The molecule has 0 saturated carbocycles. The van der Waals surface area contributed by atoms with Crippen molar-refractivity contribution in [1.82, 2.24) is 0 Å². The minimum atomic E-state index is -0.901. The molecule has 1 rings (SSSR count). The molecule has 0 atom stereocenters. The Morgan fingerprint density at radius 2 is 1.94 bits per heavy atom. The third kappa shape index (κ3) is 2.95. The van der Waals surface area contributed by atoms with Crippen LogP contribution in [0.4, 0.5) is 0 Å². The molecule has 16 heavy (non-hydrogen) atoms. The standard InChI is InChI=1S/C13H15BrO2/c1-4-10(7-13(15)16)11-5-8(2)9(3)6-12(11)14/h5-7H,4H2,1-3H3,(H,15,16)/b10-7+. The van der Waals surface area contributed by atoms with E-state index in [1.165, 1.54) is 17.2 Å². The van der Waals surface area contributed by atoms with Gasteiger partial charge in [0.25, 0.3) is 0 Å². The van der Waals surface area contributed by atoms with E-state index in [-0.39, 0.29) is 0 Å². The number of benzene rings is 1. The number of carboxylic acid groups (broad SMARTS) is 1. The molecule has 0 aliphatic rings. The van der Waals surface area contributed by atoms with Crippen molar-refractivity contribution >= 4 is 27.5 Å². The third-order valence-corrected chi connectivity index (χ3v) is 3.26. The van der Waals surface area contributed by atoms with E-state index in [0.29, 0.717) is 6.42 Å². The molecule has 1 aromatic carbocycles. The number of allylic oxidation sites excluding steroid dienone is 1. The quantitative estimate of drug-likeness (QED) is 0.853. The lowest BCUT2D eigenvalue weighted by molar-refractivity contribution is -0.131. The average Bonchev–Trinajstić information content (AvgIpc) is 2.20. The van der Waals surface area contributed by atoms with Gasteiger partial charge in [0.2, 0.25) is 0 Å². The minimum Gasteiger partial charge on any atom is -0.478 e. The second-order valence-electron chi connectivity index (χ2n) is 3.78. The first-order valence-corrected chi connectivity index (χ1v) is 5.95. The van der Waals surface area contributed by atoms with Crippen LogP contribution in [-0.4, -0.2) is 11.1 Å². The normalized spacial score (nSPS) is 11.6. The van der Waals surface area contributed by atoms with Crippen LogP contribution in [0.25, 0.3) is 5.57 Å². The Kier molecular flexibility index (Phi) is 4.30. The van der Waals surface area contributed by atoms with Crippen LogP contribution in [0, 0.1) is 13.8 Å². The smallest absolute Gasteiger partial charge is 0.328 e. The molecule has 0 bridgehead atoms. The zero-order valence-corrected chi connectivity index (χ0v) is 11.3. The minimum absolute atomic E-state index is 0.702. The summed E-state index contributed by atoms with van der Waals surface area (Å²) in [4.78, 5) is 10.7. The van der Waals surface area contributed by atoms with Gasteiger partial charge in [-0.3, -0.25) is 0 Å². The fourth-order valence-electron chi connectivity index (χ4n) is 1.55. The van der Waals surface area contributed by atoms with E-state index in [4.69, 9.17) is 5.11 Å². The van der Waals surface area contributed by atoms with Gasteiger partial charge >= 0.3 is 5.97 Å². The van der Waals surface area contributed by atoms with Crippen molar-refractivity contribution in [3.8, 4) is 0 Å². The van der Waals surface area contributed by atoms with Gasteiger partial charge in [0.05, 0.1) is 0 Å². The van der Waals surface area contributed by atoms with Gasteiger partial charge in [0, 0.05) is 10.5 Å². The van der Waals surface area contributed by atoms with E-state index in [2.05, 4.69) is 15.9 Å². The molecule has 0 spiro atoms. The number of halogens is 1. The zero-order chi connectivity index (χ0) is 12.3. The van der Waals surface area contributed by atoms with Crippen molar-refractivity contribution in [2.75, 3.05) is 0 Å². The lowest BCUT2D eigenvalue weighted by Gasteiger charge is -2.10. The summed E-state index contributed by atoms with van der Waals surface area (Å²) in [5.74, 6) is -0.901. The Balaban J connectivity index is 3.31. The SMILES string of the molecule is CC/C(=C\C(=O)O)c1cc(C)c(C)cc1Br. The molecule has 1 N–H and O–H groups in total. The van der Waals surface area contributed by atoms with Gasteiger partial charge in [-0.25, -0.2) is 4.79 Å². The summed E-state index contributed by atoms with van der Waals surface area (Å²) in [6.07, 6.45) is 1.97. The van der Waals surface area contributed by atoms with Crippen molar-refractivity contribution in [1.29, 1.82) is 0 Å². The first-order valence-electron chi connectivity index (χ1n) is 5.16. The topological polar surface area (TPSA) is 37.3 Å². The fraction of sp³-hybridized carbons (Fsp3) is 0.308. The van der Waals surface area contributed by atoms with Gasteiger partial charge in [-0.2, -0.15) is 0 Å². The maximum atomic E-state index is 10.7. The molecular weight excluding hydrogens is 268 g/mol. The van der Waals surface area contributed by atoms with Crippen molar-refractivity contribution in [2.24, 2.45) is 0 Å². The summed E-state index contributed by atoms with van der Waals surface area (Å²) < 4.78 is 0.949. The van der Waals surface area contributed by atoms with E-state index < -0.39 is 5.97 Å². The molecule has 3 heteroatoms. The van der Waals surface area contributed by atoms with Crippen molar-refractivity contribution in [3.63, 3.8) is 0 Å². The molecule has 0 heterocycles. The molecular formula is C13H15BrO2. The summed E-state index contributed by atoms with van der Waals surface area (Å²) in [6.45, 7) is 6.02. The second-order valence-corrected chi connectivity index (χ2v) is 4.63. The number of hydrogen-bond donors (Lipinski definition) is 1. The highest BCUT2D eigenvalue weighted by atomic mass is 79.9. The number of hydrogen-bond acceptors (Lipinski definition) is 1. The monoisotopic (exact) mass is 282 g/mol. The molecule has 0 amide bonds. The van der Waals surface area contributed by atoms with Crippen LogP contribution in [0.15, 0.2) is 22.7 Å². The van der Waals surface area contributed by atoms with E-state index in [1.807, 2.05) is 32.9 Å². The molecule has 0 unspecified atom stereocenters. The fourth-order valence-corrected chi connectivity index (χ4v) is 2.26. The van der Waals surface area contributed by atoms with E-state index >= 15 is 0 Å². The highest BCUT2D eigenvalue weighted by Crippen LogP contribution is 2.29. The molecule has 0 aliphatic heterocycles. The first-order chi connectivity index (χ1) is 7.45. The van der Waals surface area contributed by atoms with E-state index in [0.717, 1.165) is 15.6 Å². The van der Waals surface area contributed by atoms with E-state index in [9.17, 15) is 4.79 Å².